The van der Waals surface area contributed by atoms with Gasteiger partial charge in [-0.25, -0.2) is 0 Å². The van der Waals surface area contributed by atoms with Gasteiger partial charge in [0.15, 0.2) is 0 Å². The molecule has 66 valence electrons. The summed E-state index contributed by atoms with van der Waals surface area (Å²) in [6.07, 6.45) is 1.93. The maximum atomic E-state index is 9.37. The first kappa shape index (κ1) is 9.14. The fraction of sp³-hybridized carbons (Fsp3) is 0.100. The molecule has 0 fully saturated rings. The lowest BCUT2D eigenvalue weighted by atomic mass is 10.0. The second-order valence-corrected chi connectivity index (χ2v) is 2.56. The van der Waals surface area contributed by atoms with Gasteiger partial charge in [0.05, 0.1) is 0 Å². The second kappa shape index (κ2) is 3.63. The van der Waals surface area contributed by atoms with Gasteiger partial charge >= 0.3 is 0 Å². The van der Waals surface area contributed by atoms with Crippen LogP contribution in [-0.2, 0) is 6.42 Å². The highest BCUT2D eigenvalue weighted by Gasteiger charge is 2.10. The average Bonchev–Trinajstić information content (AvgIpc) is 2.12. The smallest absolute Gasteiger partial charge is 0.133 e. The van der Waals surface area contributed by atoms with E-state index in [4.69, 9.17) is 5.26 Å². The van der Waals surface area contributed by atoms with Crippen molar-refractivity contribution in [2.75, 3.05) is 0 Å². The molecule has 0 aliphatic rings. The van der Waals surface area contributed by atoms with Gasteiger partial charge in [-0.1, -0.05) is 6.08 Å². The Balaban J connectivity index is 3.36. The maximum absolute atomic E-state index is 9.37. The van der Waals surface area contributed by atoms with E-state index in [0.717, 1.165) is 0 Å². The summed E-state index contributed by atoms with van der Waals surface area (Å²) in [4.78, 5) is 0. The third kappa shape index (κ3) is 1.62. The molecule has 0 saturated carbocycles. The van der Waals surface area contributed by atoms with Crippen LogP contribution in [0.3, 0.4) is 0 Å². The van der Waals surface area contributed by atoms with Crippen LogP contribution in [0, 0.1) is 11.3 Å². The molecule has 1 rings (SSSR count). The molecule has 0 atom stereocenters. The summed E-state index contributed by atoms with van der Waals surface area (Å²) in [5.74, 6) is -0.105. The summed E-state index contributed by atoms with van der Waals surface area (Å²) >= 11 is 0. The normalized spacial score (nSPS) is 9.15. The first-order valence-electron chi connectivity index (χ1n) is 3.75. The second-order valence-electron chi connectivity index (χ2n) is 2.56. The zero-order valence-electron chi connectivity index (χ0n) is 6.99. The van der Waals surface area contributed by atoms with Gasteiger partial charge in [0, 0.05) is 5.56 Å². The Morgan fingerprint density at radius 1 is 1.38 bits per heavy atom. The Hall–Kier alpha value is -1.95. The van der Waals surface area contributed by atoms with Crippen LogP contribution in [0.25, 0.3) is 0 Å². The summed E-state index contributed by atoms with van der Waals surface area (Å²) in [7, 11) is 0. The number of benzene rings is 1. The van der Waals surface area contributed by atoms with Crippen LogP contribution >= 0.6 is 0 Å². The highest BCUT2D eigenvalue weighted by molar-refractivity contribution is 5.54. The summed E-state index contributed by atoms with van der Waals surface area (Å²) in [5, 5.41) is 27.3. The lowest BCUT2D eigenvalue weighted by Crippen LogP contribution is -1.89. The van der Waals surface area contributed by atoms with E-state index in [1.54, 1.807) is 6.08 Å². The highest BCUT2D eigenvalue weighted by atomic mass is 16.3. The lowest BCUT2D eigenvalue weighted by molar-refractivity contribution is 0.454. The van der Waals surface area contributed by atoms with Crippen molar-refractivity contribution < 1.29 is 10.2 Å². The molecule has 0 aliphatic heterocycles. The molecule has 0 aromatic heterocycles. The number of phenols is 2. The van der Waals surface area contributed by atoms with E-state index in [2.05, 4.69) is 6.58 Å². The fourth-order valence-corrected chi connectivity index (χ4v) is 1.10. The number of hydrogen-bond donors (Lipinski definition) is 2. The van der Waals surface area contributed by atoms with Crippen molar-refractivity contribution >= 4 is 0 Å². The Morgan fingerprint density at radius 2 is 2.00 bits per heavy atom. The van der Waals surface area contributed by atoms with Crippen molar-refractivity contribution in [1.29, 1.82) is 5.26 Å². The molecule has 0 radical (unpaired) electrons. The fourth-order valence-electron chi connectivity index (χ4n) is 1.10. The Morgan fingerprint density at radius 3 is 2.54 bits per heavy atom. The standard InChI is InChI=1S/C10H9NO2/c1-2-3-7-8(6-11)10(13)5-4-9(7)12/h2,4-5,12-13H,1,3H2. The van der Waals surface area contributed by atoms with E-state index in [-0.39, 0.29) is 17.1 Å². The minimum atomic E-state index is -0.114. The van der Waals surface area contributed by atoms with Gasteiger partial charge in [0.2, 0.25) is 0 Å². The van der Waals surface area contributed by atoms with E-state index in [1.807, 2.05) is 6.07 Å². The highest BCUT2D eigenvalue weighted by Crippen LogP contribution is 2.28. The molecule has 3 heteroatoms. The Kier molecular flexibility index (Phi) is 2.56. The lowest BCUT2D eigenvalue weighted by Gasteiger charge is -2.05. The van der Waals surface area contributed by atoms with Crippen molar-refractivity contribution in [2.24, 2.45) is 0 Å². The van der Waals surface area contributed by atoms with E-state index in [0.29, 0.717) is 12.0 Å². The molecule has 0 unspecified atom stereocenters. The Bertz CT molecular complexity index is 377. The minimum absolute atomic E-state index is 0.00856. The number of aromatic hydroxyl groups is 2. The molecule has 0 saturated heterocycles. The monoisotopic (exact) mass is 175 g/mol. The van der Waals surface area contributed by atoms with Gasteiger partial charge in [0.25, 0.3) is 0 Å². The molecule has 0 amide bonds. The zero-order valence-corrected chi connectivity index (χ0v) is 6.99. The van der Waals surface area contributed by atoms with Crippen LogP contribution in [0.5, 0.6) is 11.5 Å². The topological polar surface area (TPSA) is 64.2 Å². The van der Waals surface area contributed by atoms with Gasteiger partial charge in [-0.3, -0.25) is 0 Å². The van der Waals surface area contributed by atoms with Gasteiger partial charge in [-0.2, -0.15) is 5.26 Å². The number of hydrogen-bond acceptors (Lipinski definition) is 3. The molecule has 0 bridgehead atoms. The first-order valence-corrected chi connectivity index (χ1v) is 3.75. The van der Waals surface area contributed by atoms with Gasteiger partial charge in [-0.05, 0) is 18.6 Å². The summed E-state index contributed by atoms with van der Waals surface area (Å²) < 4.78 is 0. The van der Waals surface area contributed by atoms with Crippen molar-refractivity contribution in [2.45, 2.75) is 6.42 Å². The molecular weight excluding hydrogens is 166 g/mol. The third-order valence-electron chi connectivity index (χ3n) is 1.73. The number of phenolic OH excluding ortho intramolecular Hbond substituents is 2. The minimum Gasteiger partial charge on any atom is -0.508 e. The predicted molar refractivity (Wildman–Crippen MR) is 48.4 cm³/mol. The van der Waals surface area contributed by atoms with E-state index < -0.39 is 0 Å². The van der Waals surface area contributed by atoms with Crippen LogP contribution in [-0.4, -0.2) is 10.2 Å². The van der Waals surface area contributed by atoms with E-state index >= 15 is 0 Å². The van der Waals surface area contributed by atoms with Crippen molar-refractivity contribution in [3.8, 4) is 17.6 Å². The predicted octanol–water partition coefficient (Wildman–Crippen LogP) is 1.70. The van der Waals surface area contributed by atoms with Gasteiger partial charge in [0.1, 0.15) is 23.1 Å². The Labute approximate surface area is 76.2 Å². The van der Waals surface area contributed by atoms with Crippen LogP contribution in [0.2, 0.25) is 0 Å². The molecule has 0 spiro atoms. The quantitative estimate of drug-likeness (QED) is 0.531. The third-order valence-corrected chi connectivity index (χ3v) is 1.73. The molecule has 1 aromatic rings. The van der Waals surface area contributed by atoms with Crippen molar-refractivity contribution in [3.05, 3.63) is 35.9 Å². The summed E-state index contributed by atoms with van der Waals surface area (Å²) in [6.45, 7) is 3.50. The molecule has 0 heterocycles. The summed E-state index contributed by atoms with van der Waals surface area (Å²) in [5.41, 5.74) is 0.525. The maximum Gasteiger partial charge on any atom is 0.133 e. The van der Waals surface area contributed by atoms with Crippen molar-refractivity contribution in [1.82, 2.24) is 0 Å². The van der Waals surface area contributed by atoms with E-state index in [9.17, 15) is 10.2 Å². The number of rotatable bonds is 2. The van der Waals surface area contributed by atoms with Crippen LogP contribution < -0.4 is 0 Å². The molecule has 3 nitrogen and oxygen atoms in total. The molecule has 2 N–H and O–H groups in total. The van der Waals surface area contributed by atoms with Gasteiger partial charge in [-0.15, -0.1) is 6.58 Å². The van der Waals surface area contributed by atoms with Crippen molar-refractivity contribution in [3.63, 3.8) is 0 Å². The van der Waals surface area contributed by atoms with E-state index in [1.165, 1.54) is 12.1 Å². The molecule has 0 aliphatic carbocycles. The molecular formula is C10H9NO2. The van der Waals surface area contributed by atoms with Crippen LogP contribution in [0.4, 0.5) is 0 Å². The molecule has 1 aromatic carbocycles. The van der Waals surface area contributed by atoms with Crippen LogP contribution in [0.1, 0.15) is 11.1 Å². The SMILES string of the molecule is C=CCc1c(O)ccc(O)c1C#N. The summed E-state index contributed by atoms with van der Waals surface area (Å²) in [6, 6.07) is 4.48. The first-order chi connectivity index (χ1) is 6.20. The largest absolute Gasteiger partial charge is 0.508 e. The number of allylic oxidation sites excluding steroid dienone is 1. The number of nitrogens with zero attached hydrogens (tertiary/aromatic N) is 1. The number of nitriles is 1. The van der Waals surface area contributed by atoms with Crippen LogP contribution in [0.15, 0.2) is 24.8 Å². The zero-order chi connectivity index (χ0) is 9.84. The van der Waals surface area contributed by atoms with Gasteiger partial charge < -0.3 is 10.2 Å². The molecule has 13 heavy (non-hydrogen) atoms. The average molecular weight is 175 g/mol.